The molecule has 0 aromatic heterocycles. The summed E-state index contributed by atoms with van der Waals surface area (Å²) in [4.78, 5) is 2.38. The fourth-order valence-electron chi connectivity index (χ4n) is 2.64. The van der Waals surface area contributed by atoms with Gasteiger partial charge >= 0.3 is 0 Å². The number of hydrogen-bond donors (Lipinski definition) is 2. The number of benzene rings is 1. The highest BCUT2D eigenvalue weighted by atomic mass is 16.3. The van der Waals surface area contributed by atoms with Gasteiger partial charge in [0.25, 0.3) is 0 Å². The number of aliphatic hydroxyl groups excluding tert-OH is 1. The van der Waals surface area contributed by atoms with Crippen LogP contribution in [0, 0.1) is 5.41 Å². The highest BCUT2D eigenvalue weighted by Crippen LogP contribution is 2.27. The molecule has 2 N–H and O–H groups in total. The van der Waals surface area contributed by atoms with E-state index in [1.807, 2.05) is 25.2 Å². The molecule has 0 fully saturated rings. The van der Waals surface area contributed by atoms with Crippen LogP contribution in [0.4, 0.5) is 0 Å². The molecule has 0 radical (unpaired) electrons. The molecule has 3 nitrogen and oxygen atoms in total. The maximum Gasteiger partial charge on any atom is 0.0678 e. The number of nitrogens with zero attached hydrogens (tertiary/aromatic N) is 1. The Balaban J connectivity index is 2.81. The van der Waals surface area contributed by atoms with Gasteiger partial charge in [0.05, 0.1) is 12.1 Å². The van der Waals surface area contributed by atoms with Crippen LogP contribution in [0.1, 0.15) is 39.7 Å². The Morgan fingerprint density at radius 1 is 1.19 bits per heavy atom. The molecule has 1 rings (SSSR count). The fraction of sp³-hybridized carbons (Fsp3) is 0.667. The Morgan fingerprint density at radius 2 is 1.76 bits per heavy atom. The topological polar surface area (TPSA) is 35.5 Å². The Labute approximate surface area is 130 Å². The molecule has 3 heteroatoms. The van der Waals surface area contributed by atoms with Crippen LogP contribution in [-0.4, -0.2) is 43.3 Å². The third-order valence-corrected chi connectivity index (χ3v) is 4.88. The molecule has 2 atom stereocenters. The summed E-state index contributed by atoms with van der Waals surface area (Å²) in [6.45, 7) is 10.1. The first-order valence-corrected chi connectivity index (χ1v) is 7.82. The molecule has 2 unspecified atom stereocenters. The van der Waals surface area contributed by atoms with Gasteiger partial charge in [-0.05, 0) is 38.4 Å². The number of likely N-dealkylation sites (N-methyl/N-ethyl adjacent to an activating group) is 1. The van der Waals surface area contributed by atoms with Crippen molar-refractivity contribution in [1.82, 2.24) is 10.2 Å². The van der Waals surface area contributed by atoms with Gasteiger partial charge in [0.2, 0.25) is 0 Å². The maximum absolute atomic E-state index is 9.96. The van der Waals surface area contributed by atoms with Crippen LogP contribution in [0.2, 0.25) is 0 Å². The standard InChI is InChI=1S/C18H32N2O/c1-15(17(2,3)4)20(6)13-12-18(14-21,19-5)16-10-8-7-9-11-16/h7-11,15,19,21H,12-14H2,1-6H3. The van der Waals surface area contributed by atoms with Gasteiger partial charge in [-0.25, -0.2) is 0 Å². The Kier molecular flexibility index (Phi) is 6.39. The molecular weight excluding hydrogens is 260 g/mol. The molecule has 0 saturated carbocycles. The zero-order valence-corrected chi connectivity index (χ0v) is 14.5. The van der Waals surface area contributed by atoms with Gasteiger partial charge in [-0.3, -0.25) is 0 Å². The number of aliphatic hydroxyl groups is 1. The van der Waals surface area contributed by atoms with E-state index in [1.54, 1.807) is 0 Å². The lowest BCUT2D eigenvalue weighted by Gasteiger charge is -2.39. The lowest BCUT2D eigenvalue weighted by Crippen LogP contribution is -2.48. The zero-order chi connectivity index (χ0) is 16.1. The first-order valence-electron chi connectivity index (χ1n) is 7.82. The van der Waals surface area contributed by atoms with E-state index in [1.165, 1.54) is 0 Å². The van der Waals surface area contributed by atoms with Gasteiger partial charge in [-0.2, -0.15) is 0 Å². The molecule has 0 heterocycles. The summed E-state index contributed by atoms with van der Waals surface area (Å²) in [6.07, 6.45) is 0.876. The van der Waals surface area contributed by atoms with Crippen molar-refractivity contribution in [2.75, 3.05) is 27.2 Å². The quantitative estimate of drug-likeness (QED) is 0.811. The number of hydrogen-bond acceptors (Lipinski definition) is 3. The van der Waals surface area contributed by atoms with Crippen LogP contribution in [0.25, 0.3) is 0 Å². The highest BCUT2D eigenvalue weighted by Gasteiger charge is 2.31. The largest absolute Gasteiger partial charge is 0.394 e. The summed E-state index contributed by atoms with van der Waals surface area (Å²) in [6, 6.07) is 10.7. The van der Waals surface area contributed by atoms with E-state index in [0.29, 0.717) is 6.04 Å². The average Bonchev–Trinajstić information content (AvgIpc) is 2.48. The SMILES string of the molecule is CNC(CO)(CCN(C)C(C)C(C)(C)C)c1ccccc1. The van der Waals surface area contributed by atoms with Gasteiger partial charge < -0.3 is 15.3 Å². The van der Waals surface area contributed by atoms with Gasteiger partial charge in [-0.15, -0.1) is 0 Å². The third kappa shape index (κ3) is 4.53. The average molecular weight is 292 g/mol. The van der Waals surface area contributed by atoms with E-state index in [2.05, 4.69) is 57.1 Å². The summed E-state index contributed by atoms with van der Waals surface area (Å²) in [5.41, 5.74) is 1.03. The van der Waals surface area contributed by atoms with Crippen LogP contribution >= 0.6 is 0 Å². The van der Waals surface area contributed by atoms with Crippen molar-refractivity contribution in [1.29, 1.82) is 0 Å². The van der Waals surface area contributed by atoms with Crippen molar-refractivity contribution < 1.29 is 5.11 Å². The lowest BCUT2D eigenvalue weighted by molar-refractivity contribution is 0.104. The normalized spacial score (nSPS) is 16.8. The van der Waals surface area contributed by atoms with E-state index in [0.717, 1.165) is 18.5 Å². The fourth-order valence-corrected chi connectivity index (χ4v) is 2.64. The van der Waals surface area contributed by atoms with Gasteiger partial charge in [0.1, 0.15) is 0 Å². The summed E-state index contributed by atoms with van der Waals surface area (Å²) in [5.74, 6) is 0. The lowest BCUT2D eigenvalue weighted by atomic mass is 9.85. The minimum Gasteiger partial charge on any atom is -0.394 e. The Hall–Kier alpha value is -0.900. The highest BCUT2D eigenvalue weighted by molar-refractivity contribution is 5.24. The second-order valence-corrected chi connectivity index (χ2v) is 7.13. The third-order valence-electron chi connectivity index (χ3n) is 4.88. The molecule has 0 spiro atoms. The maximum atomic E-state index is 9.96. The van der Waals surface area contributed by atoms with Gasteiger partial charge in [0.15, 0.2) is 0 Å². The van der Waals surface area contributed by atoms with Crippen LogP contribution in [-0.2, 0) is 5.54 Å². The second-order valence-electron chi connectivity index (χ2n) is 7.13. The Bertz CT molecular complexity index is 407. The molecule has 0 saturated heterocycles. The van der Waals surface area contributed by atoms with E-state index >= 15 is 0 Å². The monoisotopic (exact) mass is 292 g/mol. The zero-order valence-electron chi connectivity index (χ0n) is 14.5. The molecule has 0 bridgehead atoms. The molecule has 1 aromatic carbocycles. The molecule has 0 aliphatic rings. The van der Waals surface area contributed by atoms with Crippen LogP contribution in [0.3, 0.4) is 0 Å². The van der Waals surface area contributed by atoms with Crippen molar-refractivity contribution in [3.8, 4) is 0 Å². The van der Waals surface area contributed by atoms with Crippen molar-refractivity contribution in [3.63, 3.8) is 0 Å². The number of nitrogens with one attached hydrogen (secondary N) is 1. The first-order chi connectivity index (χ1) is 9.77. The molecule has 120 valence electrons. The van der Waals surface area contributed by atoms with Crippen LogP contribution in [0.15, 0.2) is 30.3 Å². The van der Waals surface area contributed by atoms with Crippen molar-refractivity contribution in [2.24, 2.45) is 5.41 Å². The number of rotatable bonds is 7. The van der Waals surface area contributed by atoms with Crippen LogP contribution in [0.5, 0.6) is 0 Å². The summed E-state index contributed by atoms with van der Waals surface area (Å²) < 4.78 is 0. The first kappa shape index (κ1) is 18.1. The van der Waals surface area contributed by atoms with Crippen molar-refractivity contribution in [3.05, 3.63) is 35.9 Å². The minimum atomic E-state index is -0.368. The second kappa shape index (κ2) is 7.39. The molecular formula is C18H32N2O. The predicted molar refractivity (Wildman–Crippen MR) is 90.4 cm³/mol. The van der Waals surface area contributed by atoms with E-state index in [4.69, 9.17) is 0 Å². The predicted octanol–water partition coefficient (Wildman–Crippen LogP) is 2.85. The van der Waals surface area contributed by atoms with Crippen molar-refractivity contribution in [2.45, 2.75) is 45.7 Å². The van der Waals surface area contributed by atoms with Gasteiger partial charge in [-0.1, -0.05) is 51.1 Å². The smallest absolute Gasteiger partial charge is 0.0678 e. The summed E-state index contributed by atoms with van der Waals surface area (Å²) in [5, 5.41) is 13.3. The molecule has 0 amide bonds. The van der Waals surface area contributed by atoms with Crippen LogP contribution < -0.4 is 5.32 Å². The van der Waals surface area contributed by atoms with E-state index < -0.39 is 0 Å². The van der Waals surface area contributed by atoms with E-state index in [9.17, 15) is 5.11 Å². The van der Waals surface area contributed by atoms with Gasteiger partial charge in [0, 0.05) is 12.6 Å². The molecule has 0 aliphatic heterocycles. The minimum absolute atomic E-state index is 0.102. The molecule has 1 aromatic rings. The summed E-state index contributed by atoms with van der Waals surface area (Å²) in [7, 11) is 4.09. The summed E-state index contributed by atoms with van der Waals surface area (Å²) >= 11 is 0. The molecule has 21 heavy (non-hydrogen) atoms. The van der Waals surface area contributed by atoms with Crippen molar-refractivity contribution >= 4 is 0 Å². The van der Waals surface area contributed by atoms with E-state index in [-0.39, 0.29) is 17.6 Å². The molecule has 0 aliphatic carbocycles. The Morgan fingerprint density at radius 3 is 2.19 bits per heavy atom.